The number of aromatic amines is 1. The van der Waals surface area contributed by atoms with Crippen molar-refractivity contribution in [3.8, 4) is 0 Å². The second-order valence-corrected chi connectivity index (χ2v) is 5.14. The summed E-state index contributed by atoms with van der Waals surface area (Å²) < 4.78 is 1.09. The van der Waals surface area contributed by atoms with Crippen LogP contribution in [0.25, 0.3) is 0 Å². The molecule has 21 heavy (non-hydrogen) atoms. The van der Waals surface area contributed by atoms with Gasteiger partial charge in [0.25, 0.3) is 5.56 Å². The molecule has 1 heterocycles. The molecule has 1 aromatic heterocycles. The van der Waals surface area contributed by atoms with E-state index < -0.39 is 11.2 Å². The van der Waals surface area contributed by atoms with E-state index in [1.807, 2.05) is 12.1 Å². The Balaban J connectivity index is 2.20. The summed E-state index contributed by atoms with van der Waals surface area (Å²) in [5.41, 5.74) is 0.372. The number of ketones is 1. The van der Waals surface area contributed by atoms with Gasteiger partial charge in [-0.2, -0.15) is 0 Å². The Morgan fingerprint density at radius 1 is 1.24 bits per heavy atom. The van der Waals surface area contributed by atoms with Crippen molar-refractivity contribution < 1.29 is 4.79 Å². The van der Waals surface area contributed by atoms with Crippen molar-refractivity contribution in [2.24, 2.45) is 0 Å². The van der Waals surface area contributed by atoms with Crippen molar-refractivity contribution >= 4 is 17.4 Å². The zero-order valence-corrected chi connectivity index (χ0v) is 12.3. The Morgan fingerprint density at radius 2 is 1.90 bits per heavy atom. The molecule has 0 atom stereocenters. The Morgan fingerprint density at radius 3 is 2.52 bits per heavy atom. The van der Waals surface area contributed by atoms with Gasteiger partial charge in [0, 0.05) is 11.8 Å². The van der Waals surface area contributed by atoms with Crippen LogP contribution in [0, 0.1) is 0 Å². The molecule has 1 aromatic carbocycles. The lowest BCUT2D eigenvalue weighted by Gasteiger charge is -2.06. The molecular weight excluding hydrogens is 292 g/mol. The number of nitrogens with one attached hydrogen (secondary N) is 1. The lowest BCUT2D eigenvalue weighted by atomic mass is 10.1. The fourth-order valence-electron chi connectivity index (χ4n) is 1.99. The number of rotatable bonds is 5. The van der Waals surface area contributed by atoms with Gasteiger partial charge in [0.05, 0.1) is 6.54 Å². The van der Waals surface area contributed by atoms with Gasteiger partial charge in [-0.05, 0) is 12.0 Å². The normalized spacial score (nSPS) is 10.6. The van der Waals surface area contributed by atoms with E-state index in [0.29, 0.717) is 5.56 Å². The lowest BCUT2D eigenvalue weighted by Crippen LogP contribution is -2.31. The first kappa shape index (κ1) is 15.3. The average molecular weight is 307 g/mol. The van der Waals surface area contributed by atoms with Gasteiger partial charge in [-0.15, -0.1) is 0 Å². The van der Waals surface area contributed by atoms with Crippen LogP contribution in [-0.4, -0.2) is 15.3 Å². The summed E-state index contributed by atoms with van der Waals surface area (Å²) in [6.07, 6.45) is 3.17. The zero-order chi connectivity index (χ0) is 15.4. The summed E-state index contributed by atoms with van der Waals surface area (Å²) in [5, 5.41) is -0.124. The smallest absolute Gasteiger partial charge is 0.292 e. The van der Waals surface area contributed by atoms with Crippen LogP contribution in [0.3, 0.4) is 0 Å². The largest absolute Gasteiger partial charge is 0.328 e. The topological polar surface area (TPSA) is 71.9 Å². The number of carbonyl (C=O) groups is 1. The third-order valence-corrected chi connectivity index (χ3v) is 3.37. The van der Waals surface area contributed by atoms with E-state index in [1.165, 1.54) is 11.8 Å². The number of aryl methyl sites for hydroxylation is 1. The SMILES string of the molecule is CCCc1ccc(C(=O)Cn2cc(Cl)c(=O)[nH]c2=O)cc1. The molecule has 5 nitrogen and oxygen atoms in total. The fourth-order valence-corrected chi connectivity index (χ4v) is 2.16. The van der Waals surface area contributed by atoms with Gasteiger partial charge in [0.2, 0.25) is 0 Å². The molecule has 1 N–H and O–H groups in total. The van der Waals surface area contributed by atoms with E-state index >= 15 is 0 Å². The third-order valence-electron chi connectivity index (χ3n) is 3.10. The molecule has 0 aliphatic carbocycles. The number of aromatic nitrogens is 2. The highest BCUT2D eigenvalue weighted by Crippen LogP contribution is 2.08. The highest BCUT2D eigenvalue weighted by atomic mass is 35.5. The number of hydrogen-bond acceptors (Lipinski definition) is 3. The van der Waals surface area contributed by atoms with E-state index in [4.69, 9.17) is 11.6 Å². The first-order valence-corrected chi connectivity index (χ1v) is 7.00. The van der Waals surface area contributed by atoms with E-state index in [-0.39, 0.29) is 17.4 Å². The number of Topliss-reactive ketones (excluding diaryl/α,β-unsaturated/α-hetero) is 1. The van der Waals surface area contributed by atoms with Gasteiger partial charge in [-0.25, -0.2) is 4.79 Å². The third kappa shape index (κ3) is 3.70. The second kappa shape index (κ2) is 6.54. The van der Waals surface area contributed by atoms with Gasteiger partial charge < -0.3 is 0 Å². The lowest BCUT2D eigenvalue weighted by molar-refractivity contribution is 0.0970. The molecule has 0 fully saturated rings. The standard InChI is InChI=1S/C15H15ClN2O3/c1-2-3-10-4-6-11(7-5-10)13(19)9-18-8-12(16)14(20)17-15(18)21/h4-8H,2-3,9H2,1H3,(H,17,20,21). The van der Waals surface area contributed by atoms with Crippen LogP contribution in [0.2, 0.25) is 5.02 Å². The van der Waals surface area contributed by atoms with Crippen LogP contribution >= 0.6 is 11.6 Å². The number of halogens is 1. The molecule has 0 aliphatic heterocycles. The summed E-state index contributed by atoms with van der Waals surface area (Å²) in [4.78, 5) is 37.0. The zero-order valence-electron chi connectivity index (χ0n) is 11.6. The molecule has 2 aromatic rings. The first-order chi connectivity index (χ1) is 10.0. The summed E-state index contributed by atoms with van der Waals surface area (Å²) >= 11 is 5.66. The van der Waals surface area contributed by atoms with Gasteiger partial charge in [-0.1, -0.05) is 49.2 Å². The second-order valence-electron chi connectivity index (χ2n) is 4.73. The molecule has 0 saturated carbocycles. The molecule has 0 amide bonds. The van der Waals surface area contributed by atoms with Crippen molar-refractivity contribution in [1.29, 1.82) is 0 Å². The molecular formula is C15H15ClN2O3. The van der Waals surface area contributed by atoms with Gasteiger partial charge in [-0.3, -0.25) is 19.1 Å². The molecule has 0 saturated heterocycles. The predicted octanol–water partition coefficient (Wildman–Crippen LogP) is 2.03. The number of carbonyl (C=O) groups excluding carboxylic acids is 1. The van der Waals surface area contributed by atoms with E-state index in [2.05, 4.69) is 11.9 Å². The summed E-state index contributed by atoms with van der Waals surface area (Å²) in [6, 6.07) is 7.29. The maximum atomic E-state index is 12.1. The van der Waals surface area contributed by atoms with Crippen LogP contribution < -0.4 is 11.2 Å². The summed E-state index contributed by atoms with van der Waals surface area (Å²) in [5.74, 6) is -0.219. The van der Waals surface area contributed by atoms with Crippen molar-refractivity contribution in [1.82, 2.24) is 9.55 Å². The molecule has 0 bridgehead atoms. The molecule has 0 spiro atoms. The van der Waals surface area contributed by atoms with Gasteiger partial charge >= 0.3 is 5.69 Å². The molecule has 6 heteroatoms. The quantitative estimate of drug-likeness (QED) is 0.859. The molecule has 2 rings (SSSR count). The minimum Gasteiger partial charge on any atom is -0.292 e. The molecule has 110 valence electrons. The summed E-state index contributed by atoms with van der Waals surface area (Å²) in [6.45, 7) is 1.92. The Labute approximate surface area is 126 Å². The van der Waals surface area contributed by atoms with Crippen molar-refractivity contribution in [2.45, 2.75) is 26.3 Å². The highest BCUT2D eigenvalue weighted by Gasteiger charge is 2.09. The van der Waals surface area contributed by atoms with E-state index in [9.17, 15) is 14.4 Å². The number of nitrogens with zero attached hydrogens (tertiary/aromatic N) is 1. The highest BCUT2D eigenvalue weighted by molar-refractivity contribution is 6.30. The van der Waals surface area contributed by atoms with Crippen molar-refractivity contribution in [3.05, 3.63) is 67.4 Å². The monoisotopic (exact) mass is 306 g/mol. The van der Waals surface area contributed by atoms with Crippen LogP contribution in [0.15, 0.2) is 40.1 Å². The van der Waals surface area contributed by atoms with Crippen LogP contribution in [0.5, 0.6) is 0 Å². The molecule has 0 unspecified atom stereocenters. The molecule has 0 aliphatic rings. The van der Waals surface area contributed by atoms with Crippen LogP contribution in [0.1, 0.15) is 29.3 Å². The first-order valence-electron chi connectivity index (χ1n) is 6.62. The minimum atomic E-state index is -0.658. The maximum absolute atomic E-state index is 12.1. The Bertz CT molecular complexity index is 760. The van der Waals surface area contributed by atoms with Gasteiger partial charge in [0.15, 0.2) is 5.78 Å². The predicted molar refractivity (Wildman–Crippen MR) is 81.1 cm³/mol. The Hall–Kier alpha value is -2.14. The van der Waals surface area contributed by atoms with Crippen LogP contribution in [0.4, 0.5) is 0 Å². The van der Waals surface area contributed by atoms with E-state index in [0.717, 1.165) is 17.4 Å². The molecule has 0 radical (unpaired) electrons. The average Bonchev–Trinajstić information content (AvgIpc) is 2.46. The van der Waals surface area contributed by atoms with Gasteiger partial charge in [0.1, 0.15) is 5.02 Å². The fraction of sp³-hybridized carbons (Fsp3) is 0.267. The van der Waals surface area contributed by atoms with E-state index in [1.54, 1.807) is 12.1 Å². The van der Waals surface area contributed by atoms with Crippen LogP contribution in [-0.2, 0) is 13.0 Å². The number of H-pyrrole nitrogens is 1. The van der Waals surface area contributed by atoms with Crippen molar-refractivity contribution in [3.63, 3.8) is 0 Å². The summed E-state index contributed by atoms with van der Waals surface area (Å²) in [7, 11) is 0. The minimum absolute atomic E-state index is 0.124. The number of hydrogen-bond donors (Lipinski definition) is 1. The van der Waals surface area contributed by atoms with Crippen molar-refractivity contribution in [2.75, 3.05) is 0 Å². The number of benzene rings is 1. The maximum Gasteiger partial charge on any atom is 0.328 e. The Kier molecular flexibility index (Phi) is 4.75.